The molecule has 1 saturated heterocycles. The predicted molar refractivity (Wildman–Crippen MR) is 57.2 cm³/mol. The Morgan fingerprint density at radius 2 is 2.43 bits per heavy atom. The summed E-state index contributed by atoms with van der Waals surface area (Å²) in [5.74, 6) is 0.920. The molecule has 1 aliphatic rings. The van der Waals surface area contributed by atoms with Gasteiger partial charge in [-0.05, 0) is 41.9 Å². The van der Waals surface area contributed by atoms with Crippen molar-refractivity contribution in [1.29, 1.82) is 0 Å². The molecule has 2 atom stereocenters. The topological polar surface area (TPSA) is 34.4 Å². The summed E-state index contributed by atoms with van der Waals surface area (Å²) in [7, 11) is 1.94. The SMILES string of the molecule is CNCC1CCC(c2occc2Br)O1. The first-order valence-electron chi connectivity index (χ1n) is 4.84. The molecule has 78 valence electrons. The Bertz CT molecular complexity index is 300. The number of furan rings is 1. The summed E-state index contributed by atoms with van der Waals surface area (Å²) in [6.07, 6.45) is 4.27. The normalized spacial score (nSPS) is 27.0. The van der Waals surface area contributed by atoms with E-state index in [2.05, 4.69) is 21.2 Å². The maximum atomic E-state index is 5.84. The molecule has 1 aromatic rings. The van der Waals surface area contributed by atoms with Crippen molar-refractivity contribution in [2.24, 2.45) is 0 Å². The molecule has 0 aliphatic carbocycles. The van der Waals surface area contributed by atoms with Crippen molar-refractivity contribution in [3.05, 3.63) is 22.6 Å². The molecule has 3 nitrogen and oxygen atoms in total. The van der Waals surface area contributed by atoms with E-state index in [0.29, 0.717) is 6.10 Å². The molecule has 1 N–H and O–H groups in total. The molecular weight excluding hydrogens is 246 g/mol. The van der Waals surface area contributed by atoms with E-state index in [4.69, 9.17) is 9.15 Å². The Hall–Kier alpha value is -0.320. The minimum Gasteiger partial charge on any atom is -0.465 e. The van der Waals surface area contributed by atoms with Crippen LogP contribution in [0.25, 0.3) is 0 Å². The molecule has 1 aliphatic heterocycles. The van der Waals surface area contributed by atoms with Crippen LogP contribution < -0.4 is 5.32 Å². The van der Waals surface area contributed by atoms with Crippen LogP contribution in [0.4, 0.5) is 0 Å². The van der Waals surface area contributed by atoms with Gasteiger partial charge in [-0.15, -0.1) is 0 Å². The molecule has 1 aromatic heterocycles. The number of halogens is 1. The fourth-order valence-electron chi connectivity index (χ4n) is 1.81. The molecule has 4 heteroatoms. The Labute approximate surface area is 91.9 Å². The van der Waals surface area contributed by atoms with Crippen LogP contribution >= 0.6 is 15.9 Å². The Morgan fingerprint density at radius 3 is 3.07 bits per heavy atom. The first-order chi connectivity index (χ1) is 6.81. The molecular formula is C10H14BrNO2. The van der Waals surface area contributed by atoms with E-state index in [9.17, 15) is 0 Å². The van der Waals surface area contributed by atoms with Gasteiger partial charge in [-0.3, -0.25) is 0 Å². The van der Waals surface area contributed by atoms with Crippen LogP contribution in [0, 0.1) is 0 Å². The molecule has 2 heterocycles. The lowest BCUT2D eigenvalue weighted by molar-refractivity contribution is 0.0333. The third kappa shape index (κ3) is 2.02. The second-order valence-corrected chi connectivity index (χ2v) is 4.37. The lowest BCUT2D eigenvalue weighted by atomic mass is 10.1. The third-order valence-electron chi connectivity index (χ3n) is 2.48. The fraction of sp³-hybridized carbons (Fsp3) is 0.600. The van der Waals surface area contributed by atoms with Crippen LogP contribution in [0.2, 0.25) is 0 Å². The van der Waals surface area contributed by atoms with Gasteiger partial charge in [0.05, 0.1) is 16.8 Å². The van der Waals surface area contributed by atoms with Gasteiger partial charge in [-0.1, -0.05) is 0 Å². The van der Waals surface area contributed by atoms with Crippen LogP contribution in [0.15, 0.2) is 21.2 Å². The zero-order chi connectivity index (χ0) is 9.97. The molecule has 2 rings (SSSR count). The Morgan fingerprint density at radius 1 is 1.57 bits per heavy atom. The highest BCUT2D eigenvalue weighted by Crippen LogP contribution is 2.36. The highest BCUT2D eigenvalue weighted by molar-refractivity contribution is 9.10. The van der Waals surface area contributed by atoms with E-state index >= 15 is 0 Å². The van der Waals surface area contributed by atoms with Crippen LogP contribution in [-0.2, 0) is 4.74 Å². The Balaban J connectivity index is 1.99. The third-order valence-corrected chi connectivity index (χ3v) is 3.13. The summed E-state index contributed by atoms with van der Waals surface area (Å²) in [4.78, 5) is 0. The van der Waals surface area contributed by atoms with E-state index < -0.39 is 0 Å². The number of hydrogen-bond donors (Lipinski definition) is 1. The van der Waals surface area contributed by atoms with Crippen molar-refractivity contribution in [3.8, 4) is 0 Å². The lowest BCUT2D eigenvalue weighted by Crippen LogP contribution is -2.22. The zero-order valence-corrected chi connectivity index (χ0v) is 9.71. The average molecular weight is 260 g/mol. The van der Waals surface area contributed by atoms with E-state index in [1.807, 2.05) is 13.1 Å². The van der Waals surface area contributed by atoms with Crippen molar-refractivity contribution in [1.82, 2.24) is 5.32 Å². The van der Waals surface area contributed by atoms with Crippen molar-refractivity contribution in [2.75, 3.05) is 13.6 Å². The van der Waals surface area contributed by atoms with E-state index in [0.717, 1.165) is 29.6 Å². The second-order valence-electron chi connectivity index (χ2n) is 3.51. The summed E-state index contributed by atoms with van der Waals surface area (Å²) in [6.45, 7) is 0.912. The molecule has 1 fully saturated rings. The summed E-state index contributed by atoms with van der Waals surface area (Å²) < 4.78 is 12.2. The number of rotatable bonds is 3. The molecule has 14 heavy (non-hydrogen) atoms. The smallest absolute Gasteiger partial charge is 0.146 e. The number of likely N-dealkylation sites (N-methyl/N-ethyl adjacent to an activating group) is 1. The standard InChI is InChI=1S/C10H14BrNO2/c1-12-6-7-2-3-9(14-7)10-8(11)4-5-13-10/h4-5,7,9,12H,2-3,6H2,1H3. The molecule has 0 radical (unpaired) electrons. The van der Waals surface area contributed by atoms with Crippen molar-refractivity contribution >= 4 is 15.9 Å². The van der Waals surface area contributed by atoms with Crippen LogP contribution in [0.3, 0.4) is 0 Å². The number of nitrogens with one attached hydrogen (secondary N) is 1. The summed E-state index contributed by atoms with van der Waals surface area (Å²) in [5.41, 5.74) is 0. The lowest BCUT2D eigenvalue weighted by Gasteiger charge is -2.11. The number of ether oxygens (including phenoxy) is 1. The van der Waals surface area contributed by atoms with Gasteiger partial charge in [0.15, 0.2) is 0 Å². The van der Waals surface area contributed by atoms with Crippen molar-refractivity contribution in [2.45, 2.75) is 25.0 Å². The largest absolute Gasteiger partial charge is 0.465 e. The Kier molecular flexibility index (Phi) is 3.26. The molecule has 2 unspecified atom stereocenters. The molecule has 0 aromatic carbocycles. The van der Waals surface area contributed by atoms with Crippen molar-refractivity contribution < 1.29 is 9.15 Å². The summed E-state index contributed by atoms with van der Waals surface area (Å²) >= 11 is 3.45. The molecule has 0 bridgehead atoms. The monoisotopic (exact) mass is 259 g/mol. The van der Waals surface area contributed by atoms with E-state index in [-0.39, 0.29) is 6.10 Å². The van der Waals surface area contributed by atoms with Crippen LogP contribution in [0.5, 0.6) is 0 Å². The van der Waals surface area contributed by atoms with Gasteiger partial charge in [0.2, 0.25) is 0 Å². The maximum absolute atomic E-state index is 5.84. The predicted octanol–water partition coefficient (Wildman–Crippen LogP) is 2.48. The summed E-state index contributed by atoms with van der Waals surface area (Å²) in [6, 6.07) is 1.91. The van der Waals surface area contributed by atoms with Gasteiger partial charge in [-0.2, -0.15) is 0 Å². The van der Waals surface area contributed by atoms with Crippen LogP contribution in [0.1, 0.15) is 24.7 Å². The molecule has 0 saturated carbocycles. The quantitative estimate of drug-likeness (QED) is 0.906. The van der Waals surface area contributed by atoms with Gasteiger partial charge in [0.25, 0.3) is 0 Å². The van der Waals surface area contributed by atoms with Gasteiger partial charge in [-0.25, -0.2) is 0 Å². The van der Waals surface area contributed by atoms with E-state index in [1.165, 1.54) is 0 Å². The first kappa shape index (κ1) is 10.2. The summed E-state index contributed by atoms with van der Waals surface area (Å²) in [5, 5.41) is 3.12. The first-order valence-corrected chi connectivity index (χ1v) is 5.63. The second kappa shape index (κ2) is 4.47. The van der Waals surface area contributed by atoms with Gasteiger partial charge >= 0.3 is 0 Å². The van der Waals surface area contributed by atoms with E-state index in [1.54, 1.807) is 6.26 Å². The molecule has 0 spiro atoms. The minimum atomic E-state index is 0.123. The van der Waals surface area contributed by atoms with Gasteiger partial charge in [0.1, 0.15) is 11.9 Å². The minimum absolute atomic E-state index is 0.123. The fourth-order valence-corrected chi connectivity index (χ4v) is 2.27. The highest BCUT2D eigenvalue weighted by Gasteiger charge is 2.29. The zero-order valence-electron chi connectivity index (χ0n) is 8.13. The van der Waals surface area contributed by atoms with Crippen molar-refractivity contribution in [3.63, 3.8) is 0 Å². The maximum Gasteiger partial charge on any atom is 0.146 e. The van der Waals surface area contributed by atoms with Gasteiger partial charge in [0, 0.05) is 6.54 Å². The average Bonchev–Trinajstić information content (AvgIpc) is 2.74. The van der Waals surface area contributed by atoms with Gasteiger partial charge < -0.3 is 14.5 Å². The number of hydrogen-bond acceptors (Lipinski definition) is 3. The molecule has 0 amide bonds. The van der Waals surface area contributed by atoms with Crippen LogP contribution in [-0.4, -0.2) is 19.7 Å². The highest BCUT2D eigenvalue weighted by atomic mass is 79.9.